The Balaban J connectivity index is 1.79. The summed E-state index contributed by atoms with van der Waals surface area (Å²) >= 11 is 0. The Bertz CT molecular complexity index is 275. The molecule has 0 spiro atoms. The number of rotatable bonds is 2. The predicted molar refractivity (Wildman–Crippen MR) is 71.2 cm³/mol. The van der Waals surface area contributed by atoms with E-state index in [1.54, 1.807) is 0 Å². The first-order valence-electron chi connectivity index (χ1n) is 7.30. The van der Waals surface area contributed by atoms with Crippen LogP contribution in [0.25, 0.3) is 0 Å². The first-order valence-corrected chi connectivity index (χ1v) is 7.30. The van der Waals surface area contributed by atoms with Crippen LogP contribution < -0.4 is 5.73 Å². The molecule has 1 aliphatic carbocycles. The lowest BCUT2D eigenvalue weighted by molar-refractivity contribution is -0.133. The van der Waals surface area contributed by atoms with Gasteiger partial charge < -0.3 is 15.4 Å². The highest BCUT2D eigenvalue weighted by atomic mass is 16.5. The van der Waals surface area contributed by atoms with Gasteiger partial charge in [-0.3, -0.25) is 4.79 Å². The molecule has 0 radical (unpaired) electrons. The van der Waals surface area contributed by atoms with E-state index in [9.17, 15) is 4.79 Å². The molecule has 1 unspecified atom stereocenters. The normalized spacial score (nSPS) is 34.1. The molecule has 104 valence electrons. The Hall–Kier alpha value is -0.610. The topological polar surface area (TPSA) is 55.6 Å². The van der Waals surface area contributed by atoms with Gasteiger partial charge in [0.25, 0.3) is 0 Å². The minimum absolute atomic E-state index is 0.177. The van der Waals surface area contributed by atoms with Gasteiger partial charge in [0, 0.05) is 32.2 Å². The van der Waals surface area contributed by atoms with Gasteiger partial charge in [0.15, 0.2) is 0 Å². The Labute approximate surface area is 110 Å². The minimum atomic E-state index is 0.177. The van der Waals surface area contributed by atoms with Gasteiger partial charge in [0.1, 0.15) is 0 Å². The monoisotopic (exact) mass is 254 g/mol. The first kappa shape index (κ1) is 13.8. The van der Waals surface area contributed by atoms with Crippen molar-refractivity contribution in [2.24, 2.45) is 11.7 Å². The van der Waals surface area contributed by atoms with E-state index < -0.39 is 0 Å². The maximum atomic E-state index is 12.3. The number of ether oxygens (including phenoxy) is 1. The van der Waals surface area contributed by atoms with Crippen LogP contribution in [0.3, 0.4) is 0 Å². The zero-order valence-electron chi connectivity index (χ0n) is 11.4. The predicted octanol–water partition coefficient (Wildman–Crippen LogP) is 1.53. The Morgan fingerprint density at radius 2 is 2.06 bits per heavy atom. The standard InChI is InChI=1S/C14H26N2O2/c1-11-10-16(7-2-8-18-11)14(17)9-12-3-5-13(15)6-4-12/h11-13H,2-10,15H2,1H3. The molecule has 4 heteroatoms. The van der Waals surface area contributed by atoms with Gasteiger partial charge in [0.2, 0.25) is 5.91 Å². The molecular formula is C14H26N2O2. The summed E-state index contributed by atoms with van der Waals surface area (Å²) in [6.45, 7) is 4.44. The summed E-state index contributed by atoms with van der Waals surface area (Å²) in [6.07, 6.45) is 6.25. The number of amides is 1. The molecule has 2 fully saturated rings. The van der Waals surface area contributed by atoms with Crippen molar-refractivity contribution in [3.63, 3.8) is 0 Å². The van der Waals surface area contributed by atoms with E-state index in [4.69, 9.17) is 10.5 Å². The second-order valence-corrected chi connectivity index (χ2v) is 5.86. The van der Waals surface area contributed by atoms with E-state index in [1.165, 1.54) is 0 Å². The second kappa shape index (κ2) is 6.53. The van der Waals surface area contributed by atoms with Gasteiger partial charge in [-0.05, 0) is 44.9 Å². The van der Waals surface area contributed by atoms with Crippen LogP contribution in [0.4, 0.5) is 0 Å². The van der Waals surface area contributed by atoms with E-state index in [0.717, 1.165) is 51.8 Å². The average Bonchev–Trinajstić information content (AvgIpc) is 2.57. The van der Waals surface area contributed by atoms with Crippen molar-refractivity contribution in [3.05, 3.63) is 0 Å². The molecule has 18 heavy (non-hydrogen) atoms. The highest BCUT2D eigenvalue weighted by Gasteiger charge is 2.25. The van der Waals surface area contributed by atoms with Crippen molar-refractivity contribution >= 4 is 5.91 Å². The zero-order valence-corrected chi connectivity index (χ0v) is 11.4. The number of hydrogen-bond donors (Lipinski definition) is 1. The lowest BCUT2D eigenvalue weighted by atomic mass is 9.84. The molecule has 2 aliphatic rings. The molecule has 1 saturated heterocycles. The van der Waals surface area contributed by atoms with Crippen LogP contribution in [0, 0.1) is 5.92 Å². The summed E-state index contributed by atoms with van der Waals surface area (Å²) < 4.78 is 5.58. The molecule has 0 aromatic rings. The van der Waals surface area contributed by atoms with Gasteiger partial charge >= 0.3 is 0 Å². The van der Waals surface area contributed by atoms with E-state index in [-0.39, 0.29) is 6.10 Å². The Morgan fingerprint density at radius 3 is 2.78 bits per heavy atom. The van der Waals surface area contributed by atoms with Gasteiger partial charge in [-0.15, -0.1) is 0 Å². The summed E-state index contributed by atoms with van der Waals surface area (Å²) in [5, 5.41) is 0. The fraction of sp³-hybridized carbons (Fsp3) is 0.929. The molecular weight excluding hydrogens is 228 g/mol. The molecule has 0 bridgehead atoms. The van der Waals surface area contributed by atoms with Crippen molar-refractivity contribution < 1.29 is 9.53 Å². The average molecular weight is 254 g/mol. The number of carbonyl (C=O) groups is 1. The zero-order chi connectivity index (χ0) is 13.0. The Kier molecular flexibility index (Phi) is 5.01. The van der Waals surface area contributed by atoms with E-state index in [0.29, 0.717) is 24.3 Å². The smallest absolute Gasteiger partial charge is 0.222 e. The lowest BCUT2D eigenvalue weighted by Crippen LogP contribution is -2.37. The van der Waals surface area contributed by atoms with Crippen molar-refractivity contribution in [3.8, 4) is 0 Å². The largest absolute Gasteiger partial charge is 0.377 e. The third-order valence-corrected chi connectivity index (χ3v) is 4.16. The fourth-order valence-electron chi connectivity index (χ4n) is 2.99. The van der Waals surface area contributed by atoms with E-state index >= 15 is 0 Å². The summed E-state index contributed by atoms with van der Waals surface area (Å²) in [7, 11) is 0. The molecule has 1 saturated carbocycles. The fourth-order valence-corrected chi connectivity index (χ4v) is 2.99. The van der Waals surface area contributed by atoms with Crippen LogP contribution in [-0.4, -0.2) is 42.6 Å². The summed E-state index contributed by atoms with van der Waals surface area (Å²) in [4.78, 5) is 14.3. The van der Waals surface area contributed by atoms with Gasteiger partial charge in [-0.25, -0.2) is 0 Å². The molecule has 1 aliphatic heterocycles. The SMILES string of the molecule is CC1CN(C(=O)CC2CCC(N)CC2)CCCO1. The quantitative estimate of drug-likeness (QED) is 0.813. The van der Waals surface area contributed by atoms with Crippen molar-refractivity contribution in [1.82, 2.24) is 4.90 Å². The van der Waals surface area contributed by atoms with Crippen LogP contribution >= 0.6 is 0 Å². The van der Waals surface area contributed by atoms with Crippen LogP contribution in [0.15, 0.2) is 0 Å². The summed E-state index contributed by atoms with van der Waals surface area (Å²) in [5.41, 5.74) is 5.90. The molecule has 0 aromatic carbocycles. The first-order chi connectivity index (χ1) is 8.65. The Morgan fingerprint density at radius 1 is 1.33 bits per heavy atom. The molecule has 2 N–H and O–H groups in total. The van der Waals surface area contributed by atoms with Gasteiger partial charge in [-0.1, -0.05) is 0 Å². The van der Waals surface area contributed by atoms with Gasteiger partial charge in [-0.2, -0.15) is 0 Å². The van der Waals surface area contributed by atoms with E-state index in [1.807, 2.05) is 11.8 Å². The minimum Gasteiger partial charge on any atom is -0.377 e. The maximum Gasteiger partial charge on any atom is 0.222 e. The lowest BCUT2D eigenvalue weighted by Gasteiger charge is -2.28. The molecule has 1 amide bonds. The number of carbonyl (C=O) groups excluding carboxylic acids is 1. The highest BCUT2D eigenvalue weighted by molar-refractivity contribution is 5.76. The molecule has 1 heterocycles. The highest BCUT2D eigenvalue weighted by Crippen LogP contribution is 2.26. The summed E-state index contributed by atoms with van der Waals surface area (Å²) in [6, 6.07) is 0.364. The maximum absolute atomic E-state index is 12.3. The van der Waals surface area contributed by atoms with Gasteiger partial charge in [0.05, 0.1) is 6.10 Å². The summed E-state index contributed by atoms with van der Waals surface area (Å²) in [5.74, 6) is 0.865. The van der Waals surface area contributed by atoms with Crippen molar-refractivity contribution in [2.45, 2.75) is 57.6 Å². The van der Waals surface area contributed by atoms with Crippen molar-refractivity contribution in [2.75, 3.05) is 19.7 Å². The van der Waals surface area contributed by atoms with Crippen LogP contribution in [0.5, 0.6) is 0 Å². The van der Waals surface area contributed by atoms with E-state index in [2.05, 4.69) is 0 Å². The molecule has 4 nitrogen and oxygen atoms in total. The van der Waals surface area contributed by atoms with Crippen LogP contribution in [0.2, 0.25) is 0 Å². The molecule has 2 rings (SSSR count). The number of hydrogen-bond acceptors (Lipinski definition) is 3. The van der Waals surface area contributed by atoms with Crippen LogP contribution in [0.1, 0.15) is 45.4 Å². The van der Waals surface area contributed by atoms with Crippen molar-refractivity contribution in [1.29, 1.82) is 0 Å². The third kappa shape index (κ3) is 3.95. The number of nitrogens with zero attached hydrogens (tertiary/aromatic N) is 1. The van der Waals surface area contributed by atoms with Crippen LogP contribution in [-0.2, 0) is 9.53 Å². The third-order valence-electron chi connectivity index (χ3n) is 4.16. The number of nitrogens with two attached hydrogens (primary N) is 1. The molecule has 1 atom stereocenters. The second-order valence-electron chi connectivity index (χ2n) is 5.86. The molecule has 0 aromatic heterocycles.